The third-order valence-corrected chi connectivity index (χ3v) is 3.99. The van der Waals surface area contributed by atoms with Gasteiger partial charge in [-0.05, 0) is 31.3 Å². The summed E-state index contributed by atoms with van der Waals surface area (Å²) in [5.41, 5.74) is 2.15. The van der Waals surface area contributed by atoms with Gasteiger partial charge in [0.2, 0.25) is 5.95 Å². The minimum atomic E-state index is 0.688. The first-order valence-electron chi connectivity index (χ1n) is 7.79. The Labute approximate surface area is 136 Å². The van der Waals surface area contributed by atoms with Crippen LogP contribution in [-0.4, -0.2) is 67.4 Å². The van der Waals surface area contributed by atoms with Crippen molar-refractivity contribution in [2.24, 2.45) is 0 Å². The van der Waals surface area contributed by atoms with Gasteiger partial charge in [0.15, 0.2) is 5.82 Å². The van der Waals surface area contributed by atoms with Crippen LogP contribution in [-0.2, 0) is 0 Å². The lowest BCUT2D eigenvalue weighted by Crippen LogP contribution is -2.45. The molecule has 0 radical (unpaired) electrons. The molecule has 2 aromatic rings. The summed E-state index contributed by atoms with van der Waals surface area (Å²) in [7, 11) is 6.18. The van der Waals surface area contributed by atoms with Gasteiger partial charge in [-0.25, -0.2) is 0 Å². The minimum Gasteiger partial charge on any atom is -0.378 e. The highest BCUT2D eigenvalue weighted by atomic mass is 15.4. The molecule has 3 rings (SSSR count). The largest absolute Gasteiger partial charge is 0.378 e. The maximum Gasteiger partial charge on any atom is 0.247 e. The monoisotopic (exact) mass is 313 g/mol. The molecule has 1 aliphatic rings. The van der Waals surface area contributed by atoms with E-state index in [9.17, 15) is 0 Å². The molecule has 1 aromatic carbocycles. The summed E-state index contributed by atoms with van der Waals surface area (Å²) >= 11 is 0. The lowest BCUT2D eigenvalue weighted by Gasteiger charge is -2.32. The second kappa shape index (κ2) is 6.78. The normalized spacial score (nSPS) is 15.5. The van der Waals surface area contributed by atoms with Crippen molar-refractivity contribution in [3.05, 3.63) is 30.5 Å². The SMILES string of the molecule is CN1CCN(c2nncc(Nc3ccc(N(C)C)cc3)n2)CC1. The predicted molar refractivity (Wildman–Crippen MR) is 93.6 cm³/mol. The summed E-state index contributed by atoms with van der Waals surface area (Å²) in [6, 6.07) is 8.20. The van der Waals surface area contributed by atoms with Crippen molar-refractivity contribution < 1.29 is 0 Å². The van der Waals surface area contributed by atoms with E-state index in [1.807, 2.05) is 26.2 Å². The Hall–Kier alpha value is -2.41. The second-order valence-corrected chi connectivity index (χ2v) is 6.00. The first kappa shape index (κ1) is 15.5. The lowest BCUT2D eigenvalue weighted by molar-refractivity contribution is 0.311. The van der Waals surface area contributed by atoms with E-state index in [2.05, 4.69) is 54.4 Å². The van der Waals surface area contributed by atoms with Crippen molar-refractivity contribution >= 4 is 23.1 Å². The van der Waals surface area contributed by atoms with E-state index < -0.39 is 0 Å². The van der Waals surface area contributed by atoms with Gasteiger partial charge < -0.3 is 20.0 Å². The minimum absolute atomic E-state index is 0.688. The van der Waals surface area contributed by atoms with Crippen LogP contribution in [0.5, 0.6) is 0 Å². The highest BCUT2D eigenvalue weighted by Gasteiger charge is 2.17. The van der Waals surface area contributed by atoms with Gasteiger partial charge in [0.1, 0.15) is 0 Å². The van der Waals surface area contributed by atoms with E-state index >= 15 is 0 Å². The maximum atomic E-state index is 4.59. The summed E-state index contributed by atoms with van der Waals surface area (Å²) in [4.78, 5) is 11.1. The zero-order valence-corrected chi connectivity index (χ0v) is 13.9. The molecule has 1 aliphatic heterocycles. The molecule has 0 saturated carbocycles. The molecule has 122 valence electrons. The number of likely N-dealkylation sites (N-methyl/N-ethyl adjacent to an activating group) is 1. The van der Waals surface area contributed by atoms with Crippen LogP contribution < -0.4 is 15.1 Å². The van der Waals surface area contributed by atoms with Crippen LogP contribution in [0.1, 0.15) is 0 Å². The molecule has 23 heavy (non-hydrogen) atoms. The van der Waals surface area contributed by atoms with Gasteiger partial charge in [-0.1, -0.05) is 0 Å². The molecule has 1 saturated heterocycles. The van der Waals surface area contributed by atoms with Crippen molar-refractivity contribution in [2.75, 3.05) is 62.4 Å². The van der Waals surface area contributed by atoms with E-state index in [-0.39, 0.29) is 0 Å². The van der Waals surface area contributed by atoms with Crippen LogP contribution in [0.15, 0.2) is 30.5 Å². The smallest absolute Gasteiger partial charge is 0.247 e. The fourth-order valence-electron chi connectivity index (χ4n) is 2.49. The van der Waals surface area contributed by atoms with Crippen LogP contribution in [0.4, 0.5) is 23.1 Å². The molecule has 7 nitrogen and oxygen atoms in total. The van der Waals surface area contributed by atoms with Gasteiger partial charge in [0.25, 0.3) is 0 Å². The average molecular weight is 313 g/mol. The van der Waals surface area contributed by atoms with E-state index in [1.165, 1.54) is 0 Å². The molecule has 0 bridgehead atoms. The Balaban J connectivity index is 1.70. The zero-order chi connectivity index (χ0) is 16.2. The third kappa shape index (κ3) is 3.87. The Morgan fingerprint density at radius 2 is 1.74 bits per heavy atom. The topological polar surface area (TPSA) is 60.4 Å². The van der Waals surface area contributed by atoms with E-state index in [1.54, 1.807) is 6.20 Å². The average Bonchev–Trinajstić information content (AvgIpc) is 2.56. The Kier molecular flexibility index (Phi) is 4.57. The van der Waals surface area contributed by atoms with Gasteiger partial charge >= 0.3 is 0 Å². The quantitative estimate of drug-likeness (QED) is 0.916. The molecule has 0 amide bonds. The van der Waals surface area contributed by atoms with Crippen molar-refractivity contribution in [2.45, 2.75) is 0 Å². The number of nitrogens with one attached hydrogen (secondary N) is 1. The summed E-state index contributed by atoms with van der Waals surface area (Å²) in [6.07, 6.45) is 1.65. The molecule has 0 spiro atoms. The fraction of sp³-hybridized carbons (Fsp3) is 0.438. The van der Waals surface area contributed by atoms with Crippen molar-refractivity contribution in [1.82, 2.24) is 20.1 Å². The van der Waals surface area contributed by atoms with E-state index in [4.69, 9.17) is 0 Å². The molecule has 0 aliphatic carbocycles. The summed E-state index contributed by atoms with van der Waals surface area (Å²) in [6.45, 7) is 3.90. The van der Waals surface area contributed by atoms with Crippen LogP contribution in [0.25, 0.3) is 0 Å². The highest BCUT2D eigenvalue weighted by molar-refractivity contribution is 5.60. The number of benzene rings is 1. The van der Waals surface area contributed by atoms with E-state index in [0.717, 1.165) is 37.6 Å². The van der Waals surface area contributed by atoms with E-state index in [0.29, 0.717) is 11.8 Å². The number of piperazine rings is 1. The number of hydrogen-bond acceptors (Lipinski definition) is 7. The van der Waals surface area contributed by atoms with Crippen LogP contribution in [0.2, 0.25) is 0 Å². The summed E-state index contributed by atoms with van der Waals surface area (Å²) < 4.78 is 0. The van der Waals surface area contributed by atoms with Crippen LogP contribution in [0, 0.1) is 0 Å². The number of rotatable bonds is 4. The third-order valence-electron chi connectivity index (χ3n) is 3.99. The van der Waals surface area contributed by atoms with Gasteiger partial charge in [-0.2, -0.15) is 10.1 Å². The lowest BCUT2D eigenvalue weighted by atomic mass is 10.2. The van der Waals surface area contributed by atoms with Gasteiger partial charge in [-0.3, -0.25) is 0 Å². The molecule has 1 fully saturated rings. The standard InChI is InChI=1S/C16H23N7/c1-21(2)14-6-4-13(5-7-14)18-15-12-17-20-16(19-15)23-10-8-22(3)9-11-23/h4-7,12H,8-11H2,1-3H3,(H,18,19,20). The Bertz CT molecular complexity index is 633. The summed E-state index contributed by atoms with van der Waals surface area (Å²) in [5.74, 6) is 1.40. The second-order valence-electron chi connectivity index (χ2n) is 6.00. The van der Waals surface area contributed by atoms with Crippen molar-refractivity contribution in [1.29, 1.82) is 0 Å². The zero-order valence-electron chi connectivity index (χ0n) is 13.9. The number of aromatic nitrogens is 3. The molecule has 1 N–H and O–H groups in total. The van der Waals surface area contributed by atoms with Crippen molar-refractivity contribution in [3.63, 3.8) is 0 Å². The highest BCUT2D eigenvalue weighted by Crippen LogP contribution is 2.19. The molecule has 0 atom stereocenters. The van der Waals surface area contributed by atoms with Gasteiger partial charge in [0, 0.05) is 51.6 Å². The van der Waals surface area contributed by atoms with Crippen LogP contribution >= 0.6 is 0 Å². The first-order chi connectivity index (χ1) is 11.1. The number of anilines is 4. The molecular formula is C16H23N7. The molecule has 0 unspecified atom stereocenters. The molecular weight excluding hydrogens is 290 g/mol. The Morgan fingerprint density at radius 3 is 2.39 bits per heavy atom. The molecule has 1 aromatic heterocycles. The van der Waals surface area contributed by atoms with Crippen LogP contribution in [0.3, 0.4) is 0 Å². The fourth-order valence-corrected chi connectivity index (χ4v) is 2.49. The first-order valence-corrected chi connectivity index (χ1v) is 7.79. The van der Waals surface area contributed by atoms with Crippen molar-refractivity contribution in [3.8, 4) is 0 Å². The van der Waals surface area contributed by atoms with Gasteiger partial charge in [0.05, 0.1) is 6.20 Å². The number of hydrogen-bond donors (Lipinski definition) is 1. The predicted octanol–water partition coefficient (Wildman–Crippen LogP) is 1.43. The Morgan fingerprint density at radius 1 is 1.04 bits per heavy atom. The number of nitrogens with zero attached hydrogens (tertiary/aromatic N) is 6. The van der Waals surface area contributed by atoms with Gasteiger partial charge in [-0.15, -0.1) is 5.10 Å². The summed E-state index contributed by atoms with van der Waals surface area (Å²) in [5, 5.41) is 11.5. The molecule has 2 heterocycles. The molecule has 7 heteroatoms. The maximum absolute atomic E-state index is 4.59.